The molecule has 3 aromatic rings. The Morgan fingerprint density at radius 1 is 1.12 bits per heavy atom. The summed E-state index contributed by atoms with van der Waals surface area (Å²) in [6, 6.07) is 13.9. The zero-order chi connectivity index (χ0) is 17.6. The highest BCUT2D eigenvalue weighted by Gasteiger charge is 2.13. The highest BCUT2D eigenvalue weighted by molar-refractivity contribution is 7.09. The molecule has 0 aliphatic carbocycles. The summed E-state index contributed by atoms with van der Waals surface area (Å²) in [4.78, 5) is 16.2. The van der Waals surface area contributed by atoms with E-state index < -0.39 is 11.8 Å². The third-order valence-corrected chi connectivity index (χ3v) is 4.28. The number of halogens is 1. The molecule has 0 fully saturated rings. The number of benzene rings is 2. The lowest BCUT2D eigenvalue weighted by Crippen LogP contribution is -2.07. The summed E-state index contributed by atoms with van der Waals surface area (Å²) in [5.74, 6) is -0.244. The minimum Gasteiger partial charge on any atom is -0.486 e. The monoisotopic (exact) mass is 357 g/mol. The van der Waals surface area contributed by atoms with E-state index in [1.165, 1.54) is 17.4 Å². The maximum absolute atomic E-state index is 13.5. The smallest absolute Gasteiger partial charge is 0.358 e. The van der Waals surface area contributed by atoms with Crippen molar-refractivity contribution in [2.24, 2.45) is 0 Å². The van der Waals surface area contributed by atoms with E-state index in [4.69, 9.17) is 9.47 Å². The van der Waals surface area contributed by atoms with Crippen molar-refractivity contribution < 1.29 is 18.7 Å². The second-order valence-electron chi connectivity index (χ2n) is 5.40. The fourth-order valence-electron chi connectivity index (χ4n) is 2.08. The third kappa shape index (κ3) is 4.64. The predicted octanol–water partition coefficient (Wildman–Crippen LogP) is 4.53. The second kappa shape index (κ2) is 7.90. The Bertz CT molecular complexity index is 861. The van der Waals surface area contributed by atoms with Crippen molar-refractivity contribution in [1.29, 1.82) is 0 Å². The average molecular weight is 357 g/mol. The Kier molecular flexibility index (Phi) is 5.40. The molecule has 0 bridgehead atoms. The van der Waals surface area contributed by atoms with Crippen LogP contribution in [0.1, 0.15) is 26.6 Å². The van der Waals surface area contributed by atoms with Gasteiger partial charge in [-0.15, -0.1) is 11.3 Å². The first-order valence-electron chi connectivity index (χ1n) is 7.66. The van der Waals surface area contributed by atoms with Crippen LogP contribution in [0.5, 0.6) is 5.75 Å². The fraction of sp³-hybridized carbons (Fsp3) is 0.158. The third-order valence-electron chi connectivity index (χ3n) is 3.46. The standard InChI is InChI=1S/C19H16FNO3S/c1-13-6-8-15(9-7-13)23-11-18-21-17(12-25-18)19(22)24-10-14-4-2-3-5-16(14)20/h2-9,12H,10-11H2,1H3. The molecule has 0 saturated heterocycles. The van der Waals surface area contributed by atoms with Gasteiger partial charge in [0, 0.05) is 10.9 Å². The molecule has 1 heterocycles. The quantitative estimate of drug-likeness (QED) is 0.608. The number of carbonyl (C=O) groups excluding carboxylic acids is 1. The molecule has 0 aliphatic heterocycles. The Morgan fingerprint density at radius 3 is 2.64 bits per heavy atom. The van der Waals surface area contributed by atoms with E-state index in [9.17, 15) is 9.18 Å². The van der Waals surface area contributed by atoms with Crippen molar-refractivity contribution in [2.45, 2.75) is 20.1 Å². The van der Waals surface area contributed by atoms with Crippen molar-refractivity contribution in [2.75, 3.05) is 0 Å². The van der Waals surface area contributed by atoms with Crippen molar-refractivity contribution in [3.8, 4) is 5.75 Å². The molecule has 0 aliphatic rings. The molecule has 1 aromatic heterocycles. The summed E-state index contributed by atoms with van der Waals surface area (Å²) in [7, 11) is 0. The van der Waals surface area contributed by atoms with Gasteiger partial charge in [-0.25, -0.2) is 14.2 Å². The molecule has 128 valence electrons. The average Bonchev–Trinajstić information content (AvgIpc) is 3.09. The minimum atomic E-state index is -0.582. The van der Waals surface area contributed by atoms with Gasteiger partial charge >= 0.3 is 5.97 Å². The van der Waals surface area contributed by atoms with Gasteiger partial charge in [-0.05, 0) is 25.1 Å². The van der Waals surface area contributed by atoms with Gasteiger partial charge in [0.1, 0.15) is 29.8 Å². The molecule has 0 N–H and O–H groups in total. The van der Waals surface area contributed by atoms with Crippen molar-refractivity contribution in [3.05, 3.63) is 81.6 Å². The summed E-state index contributed by atoms with van der Waals surface area (Å²) in [6.07, 6.45) is 0. The van der Waals surface area contributed by atoms with Crippen LogP contribution in [0.4, 0.5) is 4.39 Å². The van der Waals surface area contributed by atoms with E-state index in [2.05, 4.69) is 4.98 Å². The maximum atomic E-state index is 13.5. The summed E-state index contributed by atoms with van der Waals surface area (Å²) >= 11 is 1.31. The van der Waals surface area contributed by atoms with Crippen LogP contribution in [0.25, 0.3) is 0 Å². The first-order chi connectivity index (χ1) is 12.1. The predicted molar refractivity (Wildman–Crippen MR) is 93.1 cm³/mol. The molecule has 0 radical (unpaired) electrons. The molecule has 6 heteroatoms. The van der Waals surface area contributed by atoms with Crippen LogP contribution in [-0.4, -0.2) is 11.0 Å². The summed E-state index contributed by atoms with van der Waals surface area (Å²) in [5, 5.41) is 2.27. The molecular weight excluding hydrogens is 341 g/mol. The van der Waals surface area contributed by atoms with E-state index in [0.717, 1.165) is 11.3 Å². The van der Waals surface area contributed by atoms with Crippen LogP contribution in [0, 0.1) is 12.7 Å². The number of aryl methyl sites for hydroxylation is 1. The molecule has 0 saturated carbocycles. The van der Waals surface area contributed by atoms with E-state index in [-0.39, 0.29) is 18.9 Å². The highest BCUT2D eigenvalue weighted by Crippen LogP contribution is 2.17. The Balaban J connectivity index is 1.54. The molecule has 0 atom stereocenters. The molecule has 0 spiro atoms. The van der Waals surface area contributed by atoms with Crippen LogP contribution in [0.15, 0.2) is 53.9 Å². The summed E-state index contributed by atoms with van der Waals surface area (Å²) in [6.45, 7) is 2.15. The summed E-state index contributed by atoms with van der Waals surface area (Å²) < 4.78 is 24.3. The van der Waals surface area contributed by atoms with Gasteiger partial charge in [-0.1, -0.05) is 35.9 Å². The molecule has 0 unspecified atom stereocenters. The first-order valence-corrected chi connectivity index (χ1v) is 8.54. The molecule has 4 nitrogen and oxygen atoms in total. The number of carbonyl (C=O) groups is 1. The number of ether oxygens (including phenoxy) is 2. The van der Waals surface area contributed by atoms with Crippen LogP contribution >= 0.6 is 11.3 Å². The van der Waals surface area contributed by atoms with Crippen molar-refractivity contribution in [3.63, 3.8) is 0 Å². The van der Waals surface area contributed by atoms with Crippen LogP contribution < -0.4 is 4.74 Å². The Labute approximate surface area is 148 Å². The number of nitrogens with zero attached hydrogens (tertiary/aromatic N) is 1. The molecule has 3 rings (SSSR count). The minimum absolute atomic E-state index is 0.127. The topological polar surface area (TPSA) is 48.4 Å². The second-order valence-corrected chi connectivity index (χ2v) is 6.34. The number of aromatic nitrogens is 1. The van der Waals surface area contributed by atoms with Gasteiger partial charge < -0.3 is 9.47 Å². The summed E-state index contributed by atoms with van der Waals surface area (Å²) in [5.41, 5.74) is 1.68. The van der Waals surface area contributed by atoms with E-state index in [1.54, 1.807) is 23.6 Å². The number of esters is 1. The lowest BCUT2D eigenvalue weighted by atomic mass is 10.2. The van der Waals surface area contributed by atoms with E-state index >= 15 is 0 Å². The van der Waals surface area contributed by atoms with Gasteiger partial charge in [0.15, 0.2) is 5.69 Å². The van der Waals surface area contributed by atoms with Gasteiger partial charge in [-0.2, -0.15) is 0 Å². The molecular formula is C19H16FNO3S. The van der Waals surface area contributed by atoms with Gasteiger partial charge in [0.25, 0.3) is 0 Å². The van der Waals surface area contributed by atoms with E-state index in [0.29, 0.717) is 10.6 Å². The Morgan fingerprint density at radius 2 is 1.88 bits per heavy atom. The first kappa shape index (κ1) is 17.1. The van der Waals surface area contributed by atoms with Crippen LogP contribution in [-0.2, 0) is 18.0 Å². The zero-order valence-corrected chi connectivity index (χ0v) is 14.4. The zero-order valence-electron chi connectivity index (χ0n) is 13.6. The van der Waals surface area contributed by atoms with Crippen molar-refractivity contribution >= 4 is 17.3 Å². The normalized spacial score (nSPS) is 10.5. The van der Waals surface area contributed by atoms with Gasteiger partial charge in [0.05, 0.1) is 0 Å². The lowest BCUT2D eigenvalue weighted by molar-refractivity contribution is 0.0462. The molecule has 0 amide bonds. The fourth-order valence-corrected chi connectivity index (χ4v) is 2.76. The molecule has 2 aromatic carbocycles. The molecule has 25 heavy (non-hydrogen) atoms. The maximum Gasteiger partial charge on any atom is 0.358 e. The SMILES string of the molecule is Cc1ccc(OCc2nc(C(=O)OCc3ccccc3F)cs2)cc1. The van der Waals surface area contributed by atoms with Crippen molar-refractivity contribution in [1.82, 2.24) is 4.98 Å². The van der Waals surface area contributed by atoms with Gasteiger partial charge in [-0.3, -0.25) is 0 Å². The Hall–Kier alpha value is -2.73. The van der Waals surface area contributed by atoms with Crippen LogP contribution in [0.2, 0.25) is 0 Å². The highest BCUT2D eigenvalue weighted by atomic mass is 32.1. The lowest BCUT2D eigenvalue weighted by Gasteiger charge is -2.04. The number of hydrogen-bond donors (Lipinski definition) is 0. The number of rotatable bonds is 6. The van der Waals surface area contributed by atoms with E-state index in [1.807, 2.05) is 31.2 Å². The van der Waals surface area contributed by atoms with Gasteiger partial charge in [0.2, 0.25) is 0 Å². The van der Waals surface area contributed by atoms with Crippen LogP contribution in [0.3, 0.4) is 0 Å². The number of thiazole rings is 1. The number of hydrogen-bond acceptors (Lipinski definition) is 5. The largest absolute Gasteiger partial charge is 0.486 e.